The molecule has 1 aromatic rings. The first-order chi connectivity index (χ1) is 13.4. The maximum Gasteiger partial charge on any atom is 0.419 e. The van der Waals surface area contributed by atoms with Crippen molar-refractivity contribution < 1.29 is 31.8 Å². The molecule has 29 heavy (non-hydrogen) atoms. The third kappa shape index (κ3) is 5.19. The smallest absolute Gasteiger partial charge is 0.419 e. The van der Waals surface area contributed by atoms with E-state index in [4.69, 9.17) is 9.47 Å². The molecule has 2 aliphatic rings. The lowest BCUT2D eigenvalue weighted by molar-refractivity contribution is -0.140. The highest BCUT2D eigenvalue weighted by molar-refractivity contribution is 5.68. The molecule has 0 radical (unpaired) electrons. The van der Waals surface area contributed by atoms with Crippen molar-refractivity contribution in [2.75, 3.05) is 26.3 Å². The van der Waals surface area contributed by atoms with E-state index in [1.54, 1.807) is 25.7 Å². The minimum absolute atomic E-state index is 0.305. The number of nitrogens with zero attached hydrogens (tertiary/aromatic N) is 1. The highest BCUT2D eigenvalue weighted by atomic mass is 19.4. The second-order valence-electron chi connectivity index (χ2n) is 8.56. The monoisotopic (exact) mass is 418 g/mol. The molecule has 1 heterocycles. The summed E-state index contributed by atoms with van der Waals surface area (Å²) in [6, 6.07) is 2.81. The third-order valence-electron chi connectivity index (χ3n) is 5.11. The number of morpholine rings is 1. The molecular weight excluding hydrogens is 392 g/mol. The molecule has 0 unspecified atom stereocenters. The number of amides is 1. The van der Waals surface area contributed by atoms with Crippen LogP contribution in [0.3, 0.4) is 0 Å². The lowest BCUT2D eigenvalue weighted by atomic mass is 10.0. The van der Waals surface area contributed by atoms with Gasteiger partial charge >= 0.3 is 12.3 Å². The maximum atomic E-state index is 13.6. The Labute approximate surface area is 167 Å². The standard InChI is InChI=1S/C20H26F4N2O3/c1-18(2,3)29-17(27)26-8-9-28-12-14(26)11-25-19(6-7-19)13-4-5-16(21)15(10-13)20(22,23)24/h4-5,10,14,25H,6-9,11-12H2,1-3H3/t14-/m0/s1. The fourth-order valence-electron chi connectivity index (χ4n) is 3.43. The van der Waals surface area contributed by atoms with Crippen molar-refractivity contribution in [3.8, 4) is 0 Å². The maximum absolute atomic E-state index is 13.6. The Balaban J connectivity index is 1.70. The van der Waals surface area contributed by atoms with Crippen molar-refractivity contribution in [2.24, 2.45) is 0 Å². The molecule has 1 aliphatic carbocycles. The Morgan fingerprint density at radius 2 is 2.00 bits per heavy atom. The fraction of sp³-hybridized carbons (Fsp3) is 0.650. The molecule has 0 aromatic heterocycles. The number of rotatable bonds is 4. The summed E-state index contributed by atoms with van der Waals surface area (Å²) >= 11 is 0. The summed E-state index contributed by atoms with van der Waals surface area (Å²) in [5.74, 6) is -1.28. The van der Waals surface area contributed by atoms with E-state index in [0.717, 1.165) is 12.1 Å². The zero-order valence-corrected chi connectivity index (χ0v) is 16.7. The number of hydrogen-bond acceptors (Lipinski definition) is 4. The molecule has 1 saturated carbocycles. The van der Waals surface area contributed by atoms with E-state index >= 15 is 0 Å². The van der Waals surface area contributed by atoms with Crippen LogP contribution >= 0.6 is 0 Å². The van der Waals surface area contributed by atoms with Crippen molar-refractivity contribution in [1.82, 2.24) is 10.2 Å². The number of nitrogens with one attached hydrogen (secondary N) is 1. The molecule has 2 fully saturated rings. The van der Waals surface area contributed by atoms with Crippen molar-refractivity contribution in [2.45, 2.75) is 57.0 Å². The molecule has 1 aliphatic heterocycles. The van der Waals surface area contributed by atoms with Gasteiger partial charge in [-0.3, -0.25) is 4.90 Å². The van der Waals surface area contributed by atoms with Gasteiger partial charge in [0.15, 0.2) is 0 Å². The second-order valence-corrected chi connectivity index (χ2v) is 8.56. The summed E-state index contributed by atoms with van der Waals surface area (Å²) in [6.45, 7) is 6.76. The van der Waals surface area contributed by atoms with E-state index in [-0.39, 0.29) is 6.04 Å². The van der Waals surface area contributed by atoms with Crippen molar-refractivity contribution >= 4 is 6.09 Å². The summed E-state index contributed by atoms with van der Waals surface area (Å²) in [7, 11) is 0. The lowest BCUT2D eigenvalue weighted by Gasteiger charge is -2.37. The first-order valence-corrected chi connectivity index (χ1v) is 9.61. The molecule has 1 saturated heterocycles. The first-order valence-electron chi connectivity index (χ1n) is 9.61. The number of alkyl halides is 3. The Bertz CT molecular complexity index is 757. The summed E-state index contributed by atoms with van der Waals surface area (Å²) in [6.07, 6.45) is -3.93. The van der Waals surface area contributed by atoms with Crippen molar-refractivity contribution in [3.05, 3.63) is 35.1 Å². The van der Waals surface area contributed by atoms with Gasteiger partial charge in [0.1, 0.15) is 11.4 Å². The van der Waals surface area contributed by atoms with Crippen LogP contribution in [-0.4, -0.2) is 48.9 Å². The van der Waals surface area contributed by atoms with E-state index in [2.05, 4.69) is 5.32 Å². The molecule has 1 atom stereocenters. The molecule has 0 spiro atoms. The molecule has 5 nitrogen and oxygen atoms in total. The van der Waals surface area contributed by atoms with Gasteiger partial charge in [0.25, 0.3) is 0 Å². The van der Waals surface area contributed by atoms with Crippen LogP contribution in [0.4, 0.5) is 22.4 Å². The topological polar surface area (TPSA) is 50.8 Å². The van der Waals surface area contributed by atoms with Gasteiger partial charge in [-0.25, -0.2) is 9.18 Å². The van der Waals surface area contributed by atoms with Crippen LogP contribution < -0.4 is 5.32 Å². The molecule has 0 bridgehead atoms. The predicted molar refractivity (Wildman–Crippen MR) is 97.9 cm³/mol. The van der Waals surface area contributed by atoms with Crippen LogP contribution in [0.1, 0.15) is 44.7 Å². The molecule has 1 amide bonds. The molecule has 1 N–H and O–H groups in total. The van der Waals surface area contributed by atoms with Crippen molar-refractivity contribution in [3.63, 3.8) is 0 Å². The quantitative estimate of drug-likeness (QED) is 0.750. The van der Waals surface area contributed by atoms with Gasteiger partial charge in [-0.15, -0.1) is 0 Å². The van der Waals surface area contributed by atoms with Crippen LogP contribution in [0.15, 0.2) is 18.2 Å². The second kappa shape index (κ2) is 7.75. The van der Waals surface area contributed by atoms with Gasteiger partial charge in [0, 0.05) is 18.6 Å². The Morgan fingerprint density at radius 3 is 2.59 bits per heavy atom. The highest BCUT2D eigenvalue weighted by Crippen LogP contribution is 2.47. The van der Waals surface area contributed by atoms with E-state index < -0.39 is 34.8 Å². The third-order valence-corrected chi connectivity index (χ3v) is 5.11. The average molecular weight is 418 g/mol. The summed E-state index contributed by atoms with van der Waals surface area (Å²) in [5.41, 5.74) is -2.15. The van der Waals surface area contributed by atoms with Crippen LogP contribution in [0.5, 0.6) is 0 Å². The number of hydrogen-bond donors (Lipinski definition) is 1. The van der Waals surface area contributed by atoms with Crippen LogP contribution in [0, 0.1) is 5.82 Å². The molecule has 162 valence electrons. The Morgan fingerprint density at radius 1 is 1.31 bits per heavy atom. The lowest BCUT2D eigenvalue weighted by Crippen LogP contribution is -2.55. The van der Waals surface area contributed by atoms with Gasteiger partial charge < -0.3 is 14.8 Å². The van der Waals surface area contributed by atoms with E-state index in [1.165, 1.54) is 6.07 Å². The predicted octanol–water partition coefficient (Wildman–Crippen LogP) is 4.06. The van der Waals surface area contributed by atoms with E-state index in [1.807, 2.05) is 0 Å². The minimum Gasteiger partial charge on any atom is -0.444 e. The average Bonchev–Trinajstić information content (AvgIpc) is 3.39. The molecule has 1 aromatic carbocycles. The number of halogens is 4. The van der Waals surface area contributed by atoms with Gasteiger partial charge in [-0.1, -0.05) is 6.07 Å². The summed E-state index contributed by atoms with van der Waals surface area (Å²) in [4.78, 5) is 14.1. The van der Waals surface area contributed by atoms with Gasteiger partial charge in [0.2, 0.25) is 0 Å². The van der Waals surface area contributed by atoms with E-state index in [9.17, 15) is 22.4 Å². The SMILES string of the molecule is CC(C)(C)OC(=O)N1CCOC[C@@H]1CNC1(c2ccc(F)c(C(F)(F)F)c2)CC1. The minimum atomic E-state index is -4.75. The largest absolute Gasteiger partial charge is 0.444 e. The summed E-state index contributed by atoms with van der Waals surface area (Å²) < 4.78 is 63.7. The van der Waals surface area contributed by atoms with Crippen LogP contribution in [-0.2, 0) is 21.2 Å². The zero-order valence-electron chi connectivity index (χ0n) is 16.7. The Kier molecular flexibility index (Phi) is 5.84. The summed E-state index contributed by atoms with van der Waals surface area (Å²) in [5, 5.41) is 3.28. The van der Waals surface area contributed by atoms with Gasteiger partial charge in [-0.2, -0.15) is 13.2 Å². The zero-order chi connectivity index (χ0) is 21.4. The number of benzene rings is 1. The highest BCUT2D eigenvalue weighted by Gasteiger charge is 2.46. The molecule has 3 rings (SSSR count). The number of carbonyl (C=O) groups is 1. The van der Waals surface area contributed by atoms with Crippen LogP contribution in [0.2, 0.25) is 0 Å². The van der Waals surface area contributed by atoms with Gasteiger partial charge in [0.05, 0.1) is 24.8 Å². The fourth-order valence-corrected chi connectivity index (χ4v) is 3.43. The van der Waals surface area contributed by atoms with E-state index in [0.29, 0.717) is 44.7 Å². The van der Waals surface area contributed by atoms with Gasteiger partial charge in [-0.05, 0) is 51.3 Å². The Hall–Kier alpha value is -1.87. The van der Waals surface area contributed by atoms with Crippen molar-refractivity contribution in [1.29, 1.82) is 0 Å². The number of ether oxygens (including phenoxy) is 2. The molecular formula is C20H26F4N2O3. The molecule has 9 heteroatoms. The van der Waals surface area contributed by atoms with Crippen LogP contribution in [0.25, 0.3) is 0 Å². The number of carbonyl (C=O) groups excluding carboxylic acids is 1. The first kappa shape index (κ1) is 21.8. The normalized spacial score (nSPS) is 21.8.